The maximum atomic E-state index is 13.5. The molecule has 1 N–H and O–H groups in total. The number of nitrogens with one attached hydrogen (secondary N) is 1. The van der Waals surface area contributed by atoms with Crippen LogP contribution in [0.2, 0.25) is 0 Å². The van der Waals surface area contributed by atoms with Crippen LogP contribution in [-0.4, -0.2) is 16.0 Å². The Labute approximate surface area is 100 Å². The molecule has 0 saturated heterocycles. The average Bonchev–Trinajstić information content (AvgIpc) is 2.30. The number of hydrogen-bond donors (Lipinski definition) is 1. The molecule has 1 aromatic heterocycles. The van der Waals surface area contributed by atoms with Crippen molar-refractivity contribution >= 4 is 16.7 Å². The molecule has 1 heterocycles. The van der Waals surface area contributed by atoms with Crippen LogP contribution < -0.4 is 5.32 Å². The minimum absolute atomic E-state index is 0.274. The van der Waals surface area contributed by atoms with Gasteiger partial charge in [0.05, 0.1) is 0 Å². The van der Waals surface area contributed by atoms with E-state index in [4.69, 9.17) is 0 Å². The molecule has 0 aliphatic carbocycles. The molecule has 0 aliphatic heterocycles. The van der Waals surface area contributed by atoms with Gasteiger partial charge in [-0.2, -0.15) is 0 Å². The van der Waals surface area contributed by atoms with Gasteiger partial charge >= 0.3 is 0 Å². The van der Waals surface area contributed by atoms with Crippen LogP contribution in [0.15, 0.2) is 24.5 Å². The quantitative estimate of drug-likeness (QED) is 0.884. The minimum Gasteiger partial charge on any atom is -0.367 e. The lowest BCUT2D eigenvalue weighted by molar-refractivity contribution is 0.558. The Balaban J connectivity index is 2.44. The zero-order chi connectivity index (χ0) is 12.4. The van der Waals surface area contributed by atoms with Crippen LogP contribution in [-0.2, 0) is 0 Å². The number of anilines is 1. The number of fused-ring (bicyclic) bond motifs is 1. The third kappa shape index (κ3) is 2.35. The highest BCUT2D eigenvalue weighted by Crippen LogP contribution is 2.22. The lowest BCUT2D eigenvalue weighted by Crippen LogP contribution is -2.22. The van der Waals surface area contributed by atoms with Crippen LogP contribution in [0.3, 0.4) is 0 Å². The second-order valence-corrected chi connectivity index (χ2v) is 4.54. The summed E-state index contributed by atoms with van der Waals surface area (Å²) in [4.78, 5) is 8.15. The van der Waals surface area contributed by atoms with Gasteiger partial charge in [-0.3, -0.25) is 0 Å². The van der Waals surface area contributed by atoms with Gasteiger partial charge in [-0.25, -0.2) is 14.4 Å². The largest absolute Gasteiger partial charge is 0.367 e. The Kier molecular flexibility index (Phi) is 3.22. The fourth-order valence-electron chi connectivity index (χ4n) is 1.55. The standard InChI is InChI=1S/C13H16FN3/c1-8(2)9(3)17-13-10-5-4-6-11(14)12(10)15-7-16-13/h4-9H,1-3H3,(H,15,16,17). The molecule has 0 bridgehead atoms. The number of hydrogen-bond acceptors (Lipinski definition) is 3. The third-order valence-electron chi connectivity index (χ3n) is 2.98. The van der Waals surface area contributed by atoms with Crippen molar-refractivity contribution in [3.05, 3.63) is 30.3 Å². The second-order valence-electron chi connectivity index (χ2n) is 4.54. The maximum absolute atomic E-state index is 13.5. The molecule has 1 aromatic carbocycles. The second kappa shape index (κ2) is 4.65. The van der Waals surface area contributed by atoms with E-state index in [1.165, 1.54) is 12.4 Å². The molecule has 0 saturated carbocycles. The molecule has 1 atom stereocenters. The maximum Gasteiger partial charge on any atom is 0.149 e. The van der Waals surface area contributed by atoms with E-state index in [-0.39, 0.29) is 11.9 Å². The van der Waals surface area contributed by atoms with Crippen molar-refractivity contribution in [3.63, 3.8) is 0 Å². The molecule has 0 amide bonds. The molecule has 0 radical (unpaired) electrons. The first-order valence-corrected chi connectivity index (χ1v) is 5.75. The molecule has 0 aliphatic rings. The number of rotatable bonds is 3. The minimum atomic E-state index is -0.315. The van der Waals surface area contributed by atoms with Gasteiger partial charge in [0.2, 0.25) is 0 Å². The van der Waals surface area contributed by atoms with Crippen LogP contribution in [0.4, 0.5) is 10.2 Å². The van der Waals surface area contributed by atoms with Crippen molar-refractivity contribution in [1.82, 2.24) is 9.97 Å². The smallest absolute Gasteiger partial charge is 0.149 e. The SMILES string of the molecule is CC(C)C(C)Nc1ncnc2c(F)cccc12. The Bertz CT molecular complexity index is 525. The zero-order valence-electron chi connectivity index (χ0n) is 10.2. The Morgan fingerprint density at radius 2 is 1.94 bits per heavy atom. The first kappa shape index (κ1) is 11.8. The molecule has 90 valence electrons. The fraction of sp³-hybridized carbons (Fsp3) is 0.385. The van der Waals surface area contributed by atoms with Crippen molar-refractivity contribution < 1.29 is 4.39 Å². The first-order valence-electron chi connectivity index (χ1n) is 5.75. The van der Waals surface area contributed by atoms with E-state index >= 15 is 0 Å². The van der Waals surface area contributed by atoms with E-state index in [2.05, 4.69) is 36.1 Å². The van der Waals surface area contributed by atoms with E-state index < -0.39 is 0 Å². The predicted molar refractivity (Wildman–Crippen MR) is 67.4 cm³/mol. The highest BCUT2D eigenvalue weighted by molar-refractivity contribution is 5.89. The lowest BCUT2D eigenvalue weighted by Gasteiger charge is -2.18. The van der Waals surface area contributed by atoms with Crippen molar-refractivity contribution in [3.8, 4) is 0 Å². The molecule has 2 rings (SSSR count). The summed E-state index contributed by atoms with van der Waals surface area (Å²) in [6, 6.07) is 5.18. The Morgan fingerprint density at radius 3 is 2.65 bits per heavy atom. The van der Waals surface area contributed by atoms with E-state index in [0.29, 0.717) is 17.3 Å². The molecule has 17 heavy (non-hydrogen) atoms. The van der Waals surface area contributed by atoms with Crippen molar-refractivity contribution in [2.24, 2.45) is 5.92 Å². The lowest BCUT2D eigenvalue weighted by atomic mass is 10.1. The summed E-state index contributed by atoms with van der Waals surface area (Å²) in [6.07, 6.45) is 1.39. The molecule has 0 spiro atoms. The van der Waals surface area contributed by atoms with Gasteiger partial charge in [0.1, 0.15) is 23.5 Å². The highest BCUT2D eigenvalue weighted by atomic mass is 19.1. The number of benzene rings is 1. The molecule has 2 aromatic rings. The normalized spacial score (nSPS) is 13.0. The van der Waals surface area contributed by atoms with Crippen LogP contribution in [0.1, 0.15) is 20.8 Å². The van der Waals surface area contributed by atoms with Crippen LogP contribution in [0, 0.1) is 11.7 Å². The van der Waals surface area contributed by atoms with Gasteiger partial charge in [-0.05, 0) is 25.0 Å². The van der Waals surface area contributed by atoms with Crippen LogP contribution >= 0.6 is 0 Å². The summed E-state index contributed by atoms with van der Waals surface area (Å²) < 4.78 is 13.5. The number of para-hydroxylation sites is 1. The van der Waals surface area contributed by atoms with Crippen molar-refractivity contribution in [2.45, 2.75) is 26.8 Å². The third-order valence-corrected chi connectivity index (χ3v) is 2.98. The Hall–Kier alpha value is -1.71. The van der Waals surface area contributed by atoms with E-state index in [1.807, 2.05) is 6.07 Å². The summed E-state index contributed by atoms with van der Waals surface area (Å²) in [5.74, 6) is 0.856. The van der Waals surface area contributed by atoms with Gasteiger partial charge in [0.15, 0.2) is 0 Å². The molecule has 3 nitrogen and oxygen atoms in total. The van der Waals surface area contributed by atoms with Crippen LogP contribution in [0.25, 0.3) is 10.9 Å². The fourth-order valence-corrected chi connectivity index (χ4v) is 1.55. The topological polar surface area (TPSA) is 37.8 Å². The predicted octanol–water partition coefficient (Wildman–Crippen LogP) is 3.23. The summed E-state index contributed by atoms with van der Waals surface area (Å²) in [5, 5.41) is 4.02. The number of aromatic nitrogens is 2. The summed E-state index contributed by atoms with van der Waals surface area (Å²) in [7, 11) is 0. The number of halogens is 1. The summed E-state index contributed by atoms with van der Waals surface area (Å²) in [5.41, 5.74) is 0.362. The van der Waals surface area contributed by atoms with Crippen molar-refractivity contribution in [1.29, 1.82) is 0 Å². The molecular formula is C13H16FN3. The van der Waals surface area contributed by atoms with E-state index in [1.54, 1.807) is 6.07 Å². The summed E-state index contributed by atoms with van der Waals surface area (Å²) in [6.45, 7) is 6.33. The van der Waals surface area contributed by atoms with Gasteiger partial charge in [0, 0.05) is 11.4 Å². The molecular weight excluding hydrogens is 217 g/mol. The van der Waals surface area contributed by atoms with Crippen LogP contribution in [0.5, 0.6) is 0 Å². The van der Waals surface area contributed by atoms with Gasteiger partial charge in [-0.15, -0.1) is 0 Å². The van der Waals surface area contributed by atoms with E-state index in [9.17, 15) is 4.39 Å². The molecule has 0 fully saturated rings. The molecule has 1 unspecified atom stereocenters. The van der Waals surface area contributed by atoms with Crippen molar-refractivity contribution in [2.75, 3.05) is 5.32 Å². The average molecular weight is 233 g/mol. The van der Waals surface area contributed by atoms with Gasteiger partial charge in [-0.1, -0.05) is 19.9 Å². The van der Waals surface area contributed by atoms with Gasteiger partial charge < -0.3 is 5.32 Å². The summed E-state index contributed by atoms with van der Waals surface area (Å²) >= 11 is 0. The number of nitrogens with zero attached hydrogens (tertiary/aromatic N) is 2. The first-order chi connectivity index (χ1) is 8.09. The van der Waals surface area contributed by atoms with E-state index in [0.717, 1.165) is 5.39 Å². The monoisotopic (exact) mass is 233 g/mol. The highest BCUT2D eigenvalue weighted by Gasteiger charge is 2.11. The Morgan fingerprint density at radius 1 is 1.18 bits per heavy atom. The molecule has 4 heteroatoms. The zero-order valence-corrected chi connectivity index (χ0v) is 10.2. The van der Waals surface area contributed by atoms with Gasteiger partial charge in [0.25, 0.3) is 0 Å².